The Balaban J connectivity index is 2.05. The van der Waals surface area contributed by atoms with Gasteiger partial charge in [-0.15, -0.1) is 0 Å². The number of rotatable bonds is 3. The van der Waals surface area contributed by atoms with Gasteiger partial charge in [-0.05, 0) is 30.7 Å². The van der Waals surface area contributed by atoms with Crippen molar-refractivity contribution in [1.29, 1.82) is 0 Å². The first-order chi connectivity index (χ1) is 8.65. The minimum Gasteiger partial charge on any atom is -0.454 e. The quantitative estimate of drug-likeness (QED) is 0.626. The van der Waals surface area contributed by atoms with Gasteiger partial charge in [-0.2, -0.15) is 5.10 Å². The van der Waals surface area contributed by atoms with Gasteiger partial charge in [-0.1, -0.05) is 12.1 Å². The molecule has 94 valence electrons. The highest BCUT2D eigenvalue weighted by molar-refractivity contribution is 5.96. The largest absolute Gasteiger partial charge is 0.454 e. The molecule has 3 N–H and O–H groups in total. The van der Waals surface area contributed by atoms with E-state index in [2.05, 4.69) is 10.5 Å². The molecule has 0 saturated heterocycles. The lowest BCUT2D eigenvalue weighted by molar-refractivity contribution is 0.174. The Bertz CT molecular complexity index is 523. The molecular weight excluding hydrogens is 234 g/mol. The summed E-state index contributed by atoms with van der Waals surface area (Å²) in [5.74, 6) is 1.47. The van der Waals surface area contributed by atoms with E-state index in [9.17, 15) is 4.79 Å². The van der Waals surface area contributed by atoms with Gasteiger partial charge in [-0.3, -0.25) is 0 Å². The van der Waals surface area contributed by atoms with E-state index in [1.807, 2.05) is 24.3 Å². The molecule has 1 aromatic rings. The summed E-state index contributed by atoms with van der Waals surface area (Å²) in [5, 5.41) is 3.76. The van der Waals surface area contributed by atoms with Gasteiger partial charge in [0.2, 0.25) is 6.79 Å². The second-order valence-corrected chi connectivity index (χ2v) is 3.68. The van der Waals surface area contributed by atoms with Gasteiger partial charge in [0.25, 0.3) is 0 Å². The van der Waals surface area contributed by atoms with Crippen LogP contribution in [0.4, 0.5) is 4.79 Å². The van der Waals surface area contributed by atoms with Crippen molar-refractivity contribution in [2.24, 2.45) is 10.8 Å². The Kier molecular flexibility index (Phi) is 3.47. The summed E-state index contributed by atoms with van der Waals surface area (Å²) in [6.07, 6.45) is 3.61. The van der Waals surface area contributed by atoms with E-state index < -0.39 is 6.03 Å². The third-order valence-electron chi connectivity index (χ3n) is 2.26. The van der Waals surface area contributed by atoms with Crippen molar-refractivity contribution in [3.63, 3.8) is 0 Å². The Morgan fingerprint density at radius 3 is 3.00 bits per heavy atom. The van der Waals surface area contributed by atoms with Crippen LogP contribution in [0.15, 0.2) is 29.4 Å². The molecule has 0 aliphatic carbocycles. The van der Waals surface area contributed by atoms with E-state index in [-0.39, 0.29) is 6.79 Å². The third-order valence-corrected chi connectivity index (χ3v) is 2.26. The van der Waals surface area contributed by atoms with Crippen LogP contribution in [-0.2, 0) is 0 Å². The molecule has 6 nitrogen and oxygen atoms in total. The lowest BCUT2D eigenvalue weighted by Crippen LogP contribution is -2.25. The number of nitrogens with two attached hydrogens (primary N) is 1. The zero-order chi connectivity index (χ0) is 13.0. The molecular formula is C12H13N3O3. The number of carbonyl (C=O) groups excluding carboxylic acids is 1. The summed E-state index contributed by atoms with van der Waals surface area (Å²) in [7, 11) is 0. The number of allylic oxidation sites excluding steroid dienone is 1. The van der Waals surface area contributed by atoms with Crippen molar-refractivity contribution in [2.75, 3.05) is 6.79 Å². The number of nitrogens with one attached hydrogen (secondary N) is 1. The van der Waals surface area contributed by atoms with E-state index in [0.29, 0.717) is 5.71 Å². The van der Waals surface area contributed by atoms with Crippen molar-refractivity contribution < 1.29 is 14.3 Å². The second kappa shape index (κ2) is 5.22. The monoisotopic (exact) mass is 247 g/mol. The number of hydrogen-bond donors (Lipinski definition) is 2. The molecule has 0 unspecified atom stereocenters. The van der Waals surface area contributed by atoms with Crippen molar-refractivity contribution in [1.82, 2.24) is 5.43 Å². The average Bonchev–Trinajstić information content (AvgIpc) is 2.81. The molecule has 1 aliphatic rings. The Hall–Kier alpha value is -2.50. The fraction of sp³-hybridized carbons (Fsp3) is 0.167. The van der Waals surface area contributed by atoms with E-state index in [4.69, 9.17) is 15.2 Å². The molecule has 6 heteroatoms. The Labute approximate surface area is 104 Å². The zero-order valence-corrected chi connectivity index (χ0v) is 9.84. The van der Waals surface area contributed by atoms with E-state index >= 15 is 0 Å². The van der Waals surface area contributed by atoms with Crippen LogP contribution < -0.4 is 20.6 Å². The maximum absolute atomic E-state index is 10.5. The SMILES string of the molecule is CC(/C=C\c1ccc2c(c1)OCO2)=N\NC(N)=O. The number of nitrogens with zero attached hydrogens (tertiary/aromatic N) is 1. The predicted octanol–water partition coefficient (Wildman–Crippen LogP) is 1.47. The minimum absolute atomic E-state index is 0.255. The minimum atomic E-state index is -0.689. The summed E-state index contributed by atoms with van der Waals surface area (Å²) in [6, 6.07) is 4.92. The normalized spacial score (nSPS) is 13.9. The molecule has 0 spiro atoms. The van der Waals surface area contributed by atoms with Crippen LogP contribution in [0.5, 0.6) is 11.5 Å². The number of hydrogen-bond acceptors (Lipinski definition) is 4. The fourth-order valence-electron chi connectivity index (χ4n) is 1.41. The number of primary amides is 1. The van der Waals surface area contributed by atoms with Gasteiger partial charge in [0, 0.05) is 0 Å². The molecule has 0 fully saturated rings. The molecule has 0 bridgehead atoms. The van der Waals surface area contributed by atoms with E-state index in [0.717, 1.165) is 17.1 Å². The number of amides is 2. The first-order valence-electron chi connectivity index (χ1n) is 5.32. The molecule has 2 rings (SSSR count). The maximum atomic E-state index is 10.5. The summed E-state index contributed by atoms with van der Waals surface area (Å²) >= 11 is 0. The molecule has 18 heavy (non-hydrogen) atoms. The molecule has 0 saturated carbocycles. The second-order valence-electron chi connectivity index (χ2n) is 3.68. The molecule has 2 amide bonds. The molecule has 1 aliphatic heterocycles. The van der Waals surface area contributed by atoms with Crippen molar-refractivity contribution in [3.05, 3.63) is 29.8 Å². The average molecular weight is 247 g/mol. The number of ether oxygens (including phenoxy) is 2. The smallest absolute Gasteiger partial charge is 0.332 e. The highest BCUT2D eigenvalue weighted by atomic mass is 16.7. The van der Waals surface area contributed by atoms with Crippen molar-refractivity contribution >= 4 is 17.8 Å². The first-order valence-corrected chi connectivity index (χ1v) is 5.32. The van der Waals surface area contributed by atoms with Crippen LogP contribution in [0.1, 0.15) is 12.5 Å². The summed E-state index contributed by atoms with van der Waals surface area (Å²) in [6.45, 7) is 2.00. The highest BCUT2D eigenvalue weighted by Crippen LogP contribution is 2.32. The van der Waals surface area contributed by atoms with Crippen molar-refractivity contribution in [2.45, 2.75) is 6.92 Å². The predicted molar refractivity (Wildman–Crippen MR) is 67.4 cm³/mol. The van der Waals surface area contributed by atoms with E-state index in [1.165, 1.54) is 0 Å². The number of benzene rings is 1. The number of hydrazone groups is 1. The van der Waals surface area contributed by atoms with Gasteiger partial charge in [0.05, 0.1) is 5.71 Å². The molecule has 0 atom stereocenters. The van der Waals surface area contributed by atoms with Crippen LogP contribution in [0.2, 0.25) is 0 Å². The van der Waals surface area contributed by atoms with Crippen molar-refractivity contribution in [3.8, 4) is 11.5 Å². The number of fused-ring (bicyclic) bond motifs is 1. The van der Waals surface area contributed by atoms with Gasteiger partial charge in [0.1, 0.15) is 0 Å². The number of urea groups is 1. The van der Waals surface area contributed by atoms with Gasteiger partial charge < -0.3 is 15.2 Å². The lowest BCUT2D eigenvalue weighted by atomic mass is 10.2. The van der Waals surface area contributed by atoms with Crippen LogP contribution in [0, 0.1) is 0 Å². The van der Waals surface area contributed by atoms with Crippen LogP contribution in [0.25, 0.3) is 6.08 Å². The summed E-state index contributed by atoms with van der Waals surface area (Å²) < 4.78 is 10.5. The van der Waals surface area contributed by atoms with Crippen LogP contribution in [0.3, 0.4) is 0 Å². The van der Waals surface area contributed by atoms with Gasteiger partial charge in [0.15, 0.2) is 11.5 Å². The molecule has 0 aromatic heterocycles. The van der Waals surface area contributed by atoms with E-state index in [1.54, 1.807) is 13.0 Å². The lowest BCUT2D eigenvalue weighted by Gasteiger charge is -1.98. The Morgan fingerprint density at radius 1 is 1.44 bits per heavy atom. The molecule has 0 radical (unpaired) electrons. The number of carbonyl (C=O) groups is 1. The summed E-state index contributed by atoms with van der Waals surface area (Å²) in [5.41, 5.74) is 8.63. The van der Waals surface area contributed by atoms with Gasteiger partial charge >= 0.3 is 6.03 Å². The molecule has 1 aromatic carbocycles. The standard InChI is InChI=1S/C12H13N3O3/c1-8(14-15-12(13)16)2-3-9-4-5-10-11(6-9)18-7-17-10/h2-6H,7H2,1H3,(H3,13,15,16)/b3-2-,14-8+. The zero-order valence-electron chi connectivity index (χ0n) is 9.84. The topological polar surface area (TPSA) is 85.9 Å². The first kappa shape index (κ1) is 12.0. The Morgan fingerprint density at radius 2 is 2.22 bits per heavy atom. The molecule has 1 heterocycles. The maximum Gasteiger partial charge on any atom is 0.332 e. The third kappa shape index (κ3) is 3.00. The fourth-order valence-corrected chi connectivity index (χ4v) is 1.41. The summed E-state index contributed by atoms with van der Waals surface area (Å²) in [4.78, 5) is 10.5. The highest BCUT2D eigenvalue weighted by Gasteiger charge is 2.11. The van der Waals surface area contributed by atoms with Gasteiger partial charge in [-0.25, -0.2) is 10.2 Å². The van der Waals surface area contributed by atoms with Crippen LogP contribution >= 0.6 is 0 Å². The van der Waals surface area contributed by atoms with Crippen LogP contribution in [-0.4, -0.2) is 18.5 Å².